The first kappa shape index (κ1) is 22.0. The predicted octanol–water partition coefficient (Wildman–Crippen LogP) is 2.77. The van der Waals surface area contributed by atoms with E-state index in [-0.39, 0.29) is 12.0 Å². The number of carbonyl (C=O) groups excluding carboxylic acids is 1. The number of anilines is 1. The van der Waals surface area contributed by atoms with Crippen LogP contribution in [0, 0.1) is 5.92 Å². The zero-order valence-corrected chi connectivity index (χ0v) is 19.3. The van der Waals surface area contributed by atoms with Crippen LogP contribution in [-0.2, 0) is 16.0 Å². The molecule has 7 nitrogen and oxygen atoms in total. The van der Waals surface area contributed by atoms with Gasteiger partial charge in [-0.2, -0.15) is 0 Å². The lowest BCUT2D eigenvalue weighted by Crippen LogP contribution is -2.47. The van der Waals surface area contributed by atoms with E-state index in [2.05, 4.69) is 20.1 Å². The van der Waals surface area contributed by atoms with Crippen LogP contribution in [0.5, 0.6) is 5.75 Å². The molecular weight excluding hydrogens is 404 g/mol. The minimum atomic E-state index is 0.152. The summed E-state index contributed by atoms with van der Waals surface area (Å²) in [5.41, 5.74) is 1.29. The number of aromatic nitrogens is 1. The van der Waals surface area contributed by atoms with Gasteiger partial charge in [0, 0.05) is 57.0 Å². The molecule has 32 heavy (non-hydrogen) atoms. The Kier molecular flexibility index (Phi) is 7.13. The number of rotatable bonds is 7. The summed E-state index contributed by atoms with van der Waals surface area (Å²) in [5, 5.41) is 3.26. The number of amides is 1. The monoisotopic (exact) mass is 442 g/mol. The summed E-state index contributed by atoms with van der Waals surface area (Å²) in [6, 6.07) is 2.36. The second kappa shape index (κ2) is 10.4. The Labute approximate surface area is 191 Å². The van der Waals surface area contributed by atoms with E-state index in [1.54, 1.807) is 0 Å². The van der Waals surface area contributed by atoms with Crippen LogP contribution in [0.3, 0.4) is 0 Å². The van der Waals surface area contributed by atoms with E-state index in [0.717, 1.165) is 89.0 Å². The fraction of sp³-hybridized carbons (Fsp3) is 0.760. The summed E-state index contributed by atoms with van der Waals surface area (Å²) in [4.78, 5) is 22.0. The Morgan fingerprint density at radius 3 is 2.72 bits per heavy atom. The smallest absolute Gasteiger partial charge is 0.222 e. The molecule has 5 rings (SSSR count). The van der Waals surface area contributed by atoms with Crippen molar-refractivity contribution in [2.75, 3.05) is 50.8 Å². The Hall–Kier alpha value is -1.86. The van der Waals surface area contributed by atoms with Crippen molar-refractivity contribution in [1.82, 2.24) is 15.2 Å². The molecule has 1 aliphatic carbocycles. The van der Waals surface area contributed by atoms with Crippen molar-refractivity contribution in [3.8, 4) is 5.75 Å². The number of ether oxygens (including phenoxy) is 2. The number of hydrogen-bond acceptors (Lipinski definition) is 6. The molecule has 0 radical (unpaired) electrons. The van der Waals surface area contributed by atoms with Crippen molar-refractivity contribution >= 4 is 11.7 Å². The molecule has 1 aromatic rings. The minimum Gasteiger partial charge on any atom is -0.493 e. The molecule has 0 spiro atoms. The third kappa shape index (κ3) is 5.37. The third-order valence-corrected chi connectivity index (χ3v) is 7.77. The Balaban J connectivity index is 0.988. The molecule has 1 N–H and O–H groups in total. The quantitative estimate of drug-likeness (QED) is 0.701. The van der Waals surface area contributed by atoms with Crippen molar-refractivity contribution in [3.05, 3.63) is 17.8 Å². The third-order valence-electron chi connectivity index (χ3n) is 7.77. The molecule has 0 unspecified atom stereocenters. The summed E-state index contributed by atoms with van der Waals surface area (Å²) in [6.45, 7) is 7.12. The number of nitrogens with zero attached hydrogens (tertiary/aromatic N) is 3. The van der Waals surface area contributed by atoms with Gasteiger partial charge >= 0.3 is 0 Å². The van der Waals surface area contributed by atoms with Crippen molar-refractivity contribution in [3.63, 3.8) is 0 Å². The maximum absolute atomic E-state index is 12.3. The summed E-state index contributed by atoms with van der Waals surface area (Å²) < 4.78 is 11.3. The van der Waals surface area contributed by atoms with E-state index in [1.165, 1.54) is 31.4 Å². The summed E-state index contributed by atoms with van der Waals surface area (Å²) >= 11 is 0. The summed E-state index contributed by atoms with van der Waals surface area (Å²) in [7, 11) is 0. The molecule has 0 aromatic carbocycles. The fourth-order valence-corrected chi connectivity index (χ4v) is 5.81. The van der Waals surface area contributed by atoms with Gasteiger partial charge in [0.05, 0.1) is 19.1 Å². The van der Waals surface area contributed by atoms with Gasteiger partial charge < -0.3 is 19.7 Å². The van der Waals surface area contributed by atoms with Gasteiger partial charge in [0.25, 0.3) is 0 Å². The van der Waals surface area contributed by atoms with Crippen molar-refractivity contribution in [1.29, 1.82) is 0 Å². The lowest BCUT2D eigenvalue weighted by molar-refractivity contribution is -0.124. The molecule has 1 saturated carbocycles. The van der Waals surface area contributed by atoms with Gasteiger partial charge in [0.15, 0.2) is 0 Å². The first-order valence-corrected chi connectivity index (χ1v) is 12.7. The van der Waals surface area contributed by atoms with Crippen molar-refractivity contribution < 1.29 is 14.3 Å². The van der Waals surface area contributed by atoms with E-state index >= 15 is 0 Å². The molecule has 4 heterocycles. The Morgan fingerprint density at radius 1 is 1.09 bits per heavy atom. The largest absolute Gasteiger partial charge is 0.493 e. The van der Waals surface area contributed by atoms with E-state index in [9.17, 15) is 4.79 Å². The number of piperazine rings is 1. The number of hydrogen-bond donors (Lipinski definition) is 1. The summed E-state index contributed by atoms with van der Waals surface area (Å²) in [5.74, 6) is 3.15. The van der Waals surface area contributed by atoms with E-state index in [4.69, 9.17) is 9.47 Å². The van der Waals surface area contributed by atoms with Gasteiger partial charge in [-0.1, -0.05) is 0 Å². The molecule has 0 bridgehead atoms. The Morgan fingerprint density at radius 2 is 1.94 bits per heavy atom. The predicted molar refractivity (Wildman–Crippen MR) is 124 cm³/mol. The lowest BCUT2D eigenvalue weighted by atomic mass is 9.84. The van der Waals surface area contributed by atoms with Crippen LogP contribution >= 0.6 is 0 Å². The number of nitrogens with one attached hydrogen (secondary N) is 1. The first-order chi connectivity index (χ1) is 15.7. The average Bonchev–Trinajstić information content (AvgIpc) is 3.51. The zero-order chi connectivity index (χ0) is 21.8. The van der Waals surface area contributed by atoms with E-state index in [1.807, 2.05) is 12.3 Å². The van der Waals surface area contributed by atoms with Gasteiger partial charge in [0.2, 0.25) is 5.91 Å². The first-order valence-electron chi connectivity index (χ1n) is 12.7. The fourth-order valence-electron chi connectivity index (χ4n) is 5.81. The van der Waals surface area contributed by atoms with Gasteiger partial charge in [-0.05, 0) is 63.5 Å². The van der Waals surface area contributed by atoms with Gasteiger partial charge in [0.1, 0.15) is 11.6 Å². The molecular formula is C25H38N4O3. The Bertz CT molecular complexity index is 766. The maximum atomic E-state index is 12.3. The van der Waals surface area contributed by atoms with E-state index < -0.39 is 0 Å². The highest BCUT2D eigenvalue weighted by molar-refractivity contribution is 5.76. The second-order valence-electron chi connectivity index (χ2n) is 9.95. The van der Waals surface area contributed by atoms with Crippen LogP contribution in [0.15, 0.2) is 12.3 Å². The van der Waals surface area contributed by atoms with Gasteiger partial charge in [-0.25, -0.2) is 4.98 Å². The molecule has 1 aromatic heterocycles. The number of carbonyl (C=O) groups is 1. The molecule has 2 saturated heterocycles. The highest BCUT2D eigenvalue weighted by Crippen LogP contribution is 2.32. The molecule has 4 aliphatic rings. The SMILES string of the molecule is O=C(C[C@H]1CCCO1)NC1CCC(CCN2CCN(c3nccc4c3CCO4)CC2)CC1. The van der Waals surface area contributed by atoms with Crippen molar-refractivity contribution in [2.24, 2.45) is 5.92 Å². The highest BCUT2D eigenvalue weighted by Gasteiger charge is 2.27. The van der Waals surface area contributed by atoms with Gasteiger partial charge in [-0.15, -0.1) is 0 Å². The molecule has 1 amide bonds. The minimum absolute atomic E-state index is 0.152. The van der Waals surface area contributed by atoms with Gasteiger partial charge in [-0.3, -0.25) is 9.69 Å². The van der Waals surface area contributed by atoms with Crippen LogP contribution in [-0.4, -0.2) is 73.9 Å². The average molecular weight is 443 g/mol. The molecule has 1 atom stereocenters. The van der Waals surface area contributed by atoms with E-state index in [0.29, 0.717) is 12.5 Å². The molecule has 3 fully saturated rings. The van der Waals surface area contributed by atoms with Crippen LogP contribution in [0.25, 0.3) is 0 Å². The molecule has 176 valence electrons. The highest BCUT2D eigenvalue weighted by atomic mass is 16.5. The topological polar surface area (TPSA) is 66.9 Å². The van der Waals surface area contributed by atoms with Crippen LogP contribution < -0.4 is 15.0 Å². The van der Waals surface area contributed by atoms with Crippen LogP contribution in [0.2, 0.25) is 0 Å². The molecule has 7 heteroatoms. The number of pyridine rings is 1. The number of fused-ring (bicyclic) bond motifs is 1. The maximum Gasteiger partial charge on any atom is 0.222 e. The van der Waals surface area contributed by atoms with Crippen molar-refractivity contribution in [2.45, 2.75) is 69.9 Å². The molecule has 3 aliphatic heterocycles. The normalized spacial score (nSPS) is 28.4. The standard InChI is InChI=1S/C25H38N4O3/c30-24(18-21-2-1-16-31-21)27-20-5-3-19(4-6-20)8-11-28-12-14-29(15-13-28)25-22-9-17-32-23(22)7-10-26-25/h7,10,19-21H,1-6,8-9,11-18H2,(H,27,30)/t19?,20?,21-/m1/s1. The van der Waals surface area contributed by atoms with Crippen LogP contribution in [0.1, 0.15) is 56.9 Å². The van der Waals surface area contributed by atoms with Crippen LogP contribution in [0.4, 0.5) is 5.82 Å². The second-order valence-corrected chi connectivity index (χ2v) is 9.95. The summed E-state index contributed by atoms with van der Waals surface area (Å²) in [6.07, 6.45) is 11.7. The zero-order valence-electron chi connectivity index (χ0n) is 19.3. The lowest BCUT2D eigenvalue weighted by Gasteiger charge is -2.37.